The lowest BCUT2D eigenvalue weighted by Gasteiger charge is -2.28. The van der Waals surface area contributed by atoms with Crippen LogP contribution in [0.5, 0.6) is 0 Å². The summed E-state index contributed by atoms with van der Waals surface area (Å²) in [6.45, 7) is 3.62. The Balaban J connectivity index is 1.58. The second-order valence-electron chi connectivity index (χ2n) is 5.76. The fraction of sp³-hybridized carbons (Fsp3) is 0.562. The van der Waals surface area contributed by atoms with Gasteiger partial charge in [0.05, 0.1) is 18.2 Å². The predicted octanol–water partition coefficient (Wildman–Crippen LogP) is 1.38. The Kier molecular flexibility index (Phi) is 4.03. The van der Waals surface area contributed by atoms with Crippen LogP contribution in [-0.2, 0) is 22.5 Å². The van der Waals surface area contributed by atoms with Crippen LogP contribution in [0.2, 0.25) is 0 Å². The quantitative estimate of drug-likeness (QED) is 0.875. The highest BCUT2D eigenvalue weighted by atomic mass is 16.5. The Morgan fingerprint density at radius 3 is 2.95 bits per heavy atom. The third-order valence-corrected chi connectivity index (χ3v) is 4.29. The summed E-state index contributed by atoms with van der Waals surface area (Å²) in [5, 5.41) is 6.41. The van der Waals surface area contributed by atoms with E-state index in [9.17, 15) is 4.79 Å². The molecule has 2 unspecified atom stereocenters. The molecule has 2 N–H and O–H groups in total. The van der Waals surface area contributed by atoms with E-state index in [1.54, 1.807) is 0 Å². The zero-order valence-corrected chi connectivity index (χ0v) is 11.9. The van der Waals surface area contributed by atoms with Gasteiger partial charge in [0.2, 0.25) is 5.91 Å². The average molecular weight is 274 g/mol. The summed E-state index contributed by atoms with van der Waals surface area (Å²) in [6.07, 6.45) is 3.08. The molecule has 20 heavy (non-hydrogen) atoms. The Labute approximate surface area is 119 Å². The third-order valence-electron chi connectivity index (χ3n) is 4.29. The zero-order valence-electron chi connectivity index (χ0n) is 11.9. The summed E-state index contributed by atoms with van der Waals surface area (Å²) in [4.78, 5) is 12.3. The number of amides is 1. The molecule has 3 atom stereocenters. The van der Waals surface area contributed by atoms with Gasteiger partial charge in [-0.3, -0.25) is 4.79 Å². The van der Waals surface area contributed by atoms with E-state index in [1.807, 2.05) is 19.1 Å². The van der Waals surface area contributed by atoms with Gasteiger partial charge in [-0.2, -0.15) is 0 Å². The number of carbonyl (C=O) groups excluding carboxylic acids is 1. The molecular formula is C16H22N2O2. The van der Waals surface area contributed by atoms with Crippen molar-refractivity contribution in [3.8, 4) is 0 Å². The van der Waals surface area contributed by atoms with Gasteiger partial charge in [0.25, 0.3) is 0 Å². The second kappa shape index (κ2) is 5.94. The van der Waals surface area contributed by atoms with Crippen LogP contribution in [-0.4, -0.2) is 30.7 Å². The molecule has 108 valence electrons. The van der Waals surface area contributed by atoms with E-state index in [0.29, 0.717) is 0 Å². The summed E-state index contributed by atoms with van der Waals surface area (Å²) in [7, 11) is 0. The van der Waals surface area contributed by atoms with E-state index in [1.165, 1.54) is 11.1 Å². The smallest absolute Gasteiger partial charge is 0.237 e. The number of rotatable bonds is 3. The van der Waals surface area contributed by atoms with E-state index in [2.05, 4.69) is 22.8 Å². The van der Waals surface area contributed by atoms with Gasteiger partial charge in [-0.25, -0.2) is 0 Å². The maximum absolute atomic E-state index is 12.3. The van der Waals surface area contributed by atoms with Crippen LogP contribution >= 0.6 is 0 Å². The molecule has 1 saturated heterocycles. The molecule has 0 aliphatic carbocycles. The molecule has 3 rings (SSSR count). The average Bonchev–Trinajstić information content (AvgIpc) is 3.01. The van der Waals surface area contributed by atoms with Crippen molar-refractivity contribution in [2.24, 2.45) is 0 Å². The minimum absolute atomic E-state index is 0.0857. The molecule has 2 aliphatic rings. The minimum atomic E-state index is -0.131. The number of carbonyl (C=O) groups is 1. The van der Waals surface area contributed by atoms with Crippen molar-refractivity contribution in [1.29, 1.82) is 0 Å². The highest BCUT2D eigenvalue weighted by Gasteiger charge is 2.28. The maximum atomic E-state index is 12.3. The zero-order chi connectivity index (χ0) is 13.9. The molecule has 0 saturated carbocycles. The number of hydrogen-bond donors (Lipinski definition) is 2. The van der Waals surface area contributed by atoms with E-state index in [4.69, 9.17) is 4.74 Å². The molecular weight excluding hydrogens is 252 g/mol. The molecule has 1 aromatic carbocycles. The van der Waals surface area contributed by atoms with Crippen LogP contribution < -0.4 is 10.6 Å². The predicted molar refractivity (Wildman–Crippen MR) is 77.4 cm³/mol. The van der Waals surface area contributed by atoms with Crippen molar-refractivity contribution < 1.29 is 9.53 Å². The van der Waals surface area contributed by atoms with Gasteiger partial charge in [-0.1, -0.05) is 24.3 Å². The number of nitrogens with one attached hydrogen (secondary N) is 2. The van der Waals surface area contributed by atoms with Gasteiger partial charge < -0.3 is 15.4 Å². The molecule has 0 spiro atoms. The van der Waals surface area contributed by atoms with E-state index >= 15 is 0 Å². The van der Waals surface area contributed by atoms with Crippen molar-refractivity contribution in [2.75, 3.05) is 6.61 Å². The summed E-state index contributed by atoms with van der Waals surface area (Å²) in [5.41, 5.74) is 2.57. The Morgan fingerprint density at radius 2 is 2.20 bits per heavy atom. The van der Waals surface area contributed by atoms with E-state index in [0.717, 1.165) is 32.4 Å². The number of hydrogen-bond acceptors (Lipinski definition) is 3. The monoisotopic (exact) mass is 274 g/mol. The summed E-state index contributed by atoms with van der Waals surface area (Å²) in [6, 6.07) is 8.26. The first-order valence-electron chi connectivity index (χ1n) is 7.46. The van der Waals surface area contributed by atoms with Gasteiger partial charge in [-0.15, -0.1) is 0 Å². The number of fused-ring (bicyclic) bond motifs is 1. The maximum Gasteiger partial charge on any atom is 0.237 e. The van der Waals surface area contributed by atoms with Crippen molar-refractivity contribution >= 4 is 5.91 Å². The molecule has 1 fully saturated rings. The SMILES string of the molecule is CC(NC(=O)[C@H]1Cc2ccccc2CN1)C1CCCO1. The summed E-state index contributed by atoms with van der Waals surface area (Å²) < 4.78 is 5.62. The Hall–Kier alpha value is -1.39. The third kappa shape index (κ3) is 2.86. The Morgan fingerprint density at radius 1 is 1.40 bits per heavy atom. The topological polar surface area (TPSA) is 50.4 Å². The van der Waals surface area contributed by atoms with Crippen LogP contribution in [0.4, 0.5) is 0 Å². The lowest BCUT2D eigenvalue weighted by atomic mass is 9.95. The molecule has 4 heteroatoms. The number of ether oxygens (including phenoxy) is 1. The van der Waals surface area contributed by atoms with Gasteiger partial charge >= 0.3 is 0 Å². The second-order valence-corrected chi connectivity index (χ2v) is 5.76. The van der Waals surface area contributed by atoms with Crippen LogP contribution in [0.15, 0.2) is 24.3 Å². The van der Waals surface area contributed by atoms with Crippen LogP contribution in [0, 0.1) is 0 Å². The van der Waals surface area contributed by atoms with Crippen LogP contribution in [0.1, 0.15) is 30.9 Å². The van der Waals surface area contributed by atoms with Gasteiger partial charge in [0.15, 0.2) is 0 Å². The van der Waals surface area contributed by atoms with Crippen molar-refractivity contribution in [3.05, 3.63) is 35.4 Å². The van der Waals surface area contributed by atoms with Gasteiger partial charge in [-0.05, 0) is 37.3 Å². The van der Waals surface area contributed by atoms with E-state index < -0.39 is 0 Å². The fourth-order valence-electron chi connectivity index (χ4n) is 3.05. The highest BCUT2D eigenvalue weighted by molar-refractivity contribution is 5.82. The van der Waals surface area contributed by atoms with Gasteiger partial charge in [0, 0.05) is 13.2 Å². The molecule has 0 bridgehead atoms. The molecule has 2 heterocycles. The van der Waals surface area contributed by atoms with E-state index in [-0.39, 0.29) is 24.1 Å². The lowest BCUT2D eigenvalue weighted by molar-refractivity contribution is -0.124. The van der Waals surface area contributed by atoms with Crippen LogP contribution in [0.3, 0.4) is 0 Å². The van der Waals surface area contributed by atoms with Gasteiger partial charge in [0.1, 0.15) is 0 Å². The molecule has 0 radical (unpaired) electrons. The fourth-order valence-corrected chi connectivity index (χ4v) is 3.05. The first-order valence-corrected chi connectivity index (χ1v) is 7.46. The standard InChI is InChI=1S/C16H22N2O2/c1-11(15-7-4-8-20-15)18-16(19)14-9-12-5-2-3-6-13(12)10-17-14/h2-3,5-6,11,14-15,17H,4,7-10H2,1H3,(H,18,19)/t11?,14-,15?/m1/s1. The lowest BCUT2D eigenvalue weighted by Crippen LogP contribution is -2.52. The molecule has 0 aromatic heterocycles. The van der Waals surface area contributed by atoms with Crippen molar-refractivity contribution in [3.63, 3.8) is 0 Å². The summed E-state index contributed by atoms with van der Waals surface area (Å²) in [5.74, 6) is 0.0857. The van der Waals surface area contributed by atoms with Crippen molar-refractivity contribution in [1.82, 2.24) is 10.6 Å². The van der Waals surface area contributed by atoms with Crippen LogP contribution in [0.25, 0.3) is 0 Å². The first kappa shape index (κ1) is 13.6. The van der Waals surface area contributed by atoms with Crippen molar-refractivity contribution in [2.45, 2.75) is 50.9 Å². The highest BCUT2D eigenvalue weighted by Crippen LogP contribution is 2.18. The normalized spacial score (nSPS) is 26.9. The first-order chi connectivity index (χ1) is 9.74. The molecule has 2 aliphatic heterocycles. The number of benzene rings is 1. The largest absolute Gasteiger partial charge is 0.376 e. The summed E-state index contributed by atoms with van der Waals surface area (Å²) >= 11 is 0. The molecule has 1 amide bonds. The molecule has 1 aromatic rings. The molecule has 4 nitrogen and oxygen atoms in total. The minimum Gasteiger partial charge on any atom is -0.376 e. The Bertz CT molecular complexity index is 483.